The zero-order valence-electron chi connectivity index (χ0n) is 10.8. The van der Waals surface area contributed by atoms with Crippen molar-refractivity contribution in [2.75, 3.05) is 14.2 Å². The highest BCUT2D eigenvalue weighted by Crippen LogP contribution is 2.51. The van der Waals surface area contributed by atoms with Crippen LogP contribution in [-0.4, -0.2) is 14.2 Å². The lowest BCUT2D eigenvalue weighted by Gasteiger charge is -2.16. The van der Waals surface area contributed by atoms with Crippen molar-refractivity contribution in [1.82, 2.24) is 0 Å². The third-order valence-corrected chi connectivity index (χ3v) is 5.00. The molecule has 0 heterocycles. The monoisotopic (exact) mass is 264 g/mol. The average Bonchev–Trinajstić information content (AvgIpc) is 2.42. The Morgan fingerprint density at radius 2 is 1.72 bits per heavy atom. The molecule has 0 aromatic heterocycles. The predicted molar refractivity (Wildman–Crippen MR) is 74.0 cm³/mol. The molecule has 0 fully saturated rings. The van der Waals surface area contributed by atoms with Crippen molar-refractivity contribution in [3.8, 4) is 0 Å². The van der Waals surface area contributed by atoms with E-state index in [0.717, 1.165) is 21.9 Å². The van der Waals surface area contributed by atoms with E-state index in [1.54, 1.807) is 0 Å². The number of benzene rings is 2. The summed E-state index contributed by atoms with van der Waals surface area (Å²) in [5.74, 6) is 0. The minimum absolute atomic E-state index is 0.299. The summed E-state index contributed by atoms with van der Waals surface area (Å²) in [6.45, 7) is 2.01. The smallest absolute Gasteiger partial charge is 0.312 e. The molecule has 0 unspecified atom stereocenters. The number of rotatable bonds is 4. The number of aryl methyl sites for hydroxylation is 1. The summed E-state index contributed by atoms with van der Waals surface area (Å²) in [7, 11) is -0.192. The highest BCUT2D eigenvalue weighted by atomic mass is 31.2. The first-order valence-corrected chi connectivity index (χ1v) is 7.50. The van der Waals surface area contributed by atoms with E-state index in [1.807, 2.05) is 37.3 Å². The fraction of sp³-hybridized carbons (Fsp3) is 0.286. The average molecular weight is 264 g/mol. The fourth-order valence-corrected chi connectivity index (χ4v) is 3.27. The molecule has 0 aliphatic rings. The maximum absolute atomic E-state index is 12.3. The first-order chi connectivity index (χ1) is 8.59. The van der Waals surface area contributed by atoms with Gasteiger partial charge in [0.1, 0.15) is 0 Å². The van der Waals surface area contributed by atoms with Gasteiger partial charge in [-0.25, -0.2) is 0 Å². The van der Waals surface area contributed by atoms with Crippen LogP contribution in [0.25, 0.3) is 10.8 Å². The minimum Gasteiger partial charge on any atom is -0.312 e. The maximum atomic E-state index is 12.3. The van der Waals surface area contributed by atoms with Crippen LogP contribution in [0, 0.1) is 6.92 Å². The predicted octanol–water partition coefficient (Wildman–Crippen LogP) is 4.13. The summed E-state index contributed by atoms with van der Waals surface area (Å²) in [5.41, 5.74) is 2.13. The molecule has 0 bridgehead atoms. The normalized spacial score (nSPS) is 11.9. The second-order valence-electron chi connectivity index (χ2n) is 4.22. The SMILES string of the molecule is COP(=O)(Cc1c(C)ccc2ccccc12)OC. The molecule has 3 nitrogen and oxygen atoms in total. The molecule has 96 valence electrons. The van der Waals surface area contributed by atoms with Gasteiger partial charge in [0.25, 0.3) is 0 Å². The van der Waals surface area contributed by atoms with Gasteiger partial charge in [-0.2, -0.15) is 0 Å². The van der Waals surface area contributed by atoms with Crippen LogP contribution in [0.3, 0.4) is 0 Å². The van der Waals surface area contributed by atoms with E-state index in [1.165, 1.54) is 14.2 Å². The van der Waals surface area contributed by atoms with Crippen molar-refractivity contribution < 1.29 is 13.6 Å². The molecule has 4 heteroatoms. The van der Waals surface area contributed by atoms with Gasteiger partial charge in [0, 0.05) is 14.2 Å². The Morgan fingerprint density at radius 1 is 1.06 bits per heavy atom. The van der Waals surface area contributed by atoms with Crippen LogP contribution in [-0.2, 0) is 19.8 Å². The van der Waals surface area contributed by atoms with Crippen molar-refractivity contribution in [3.63, 3.8) is 0 Å². The van der Waals surface area contributed by atoms with Crippen LogP contribution in [0.4, 0.5) is 0 Å². The van der Waals surface area contributed by atoms with Crippen molar-refractivity contribution in [3.05, 3.63) is 47.5 Å². The van der Waals surface area contributed by atoms with Gasteiger partial charge >= 0.3 is 7.60 Å². The van der Waals surface area contributed by atoms with E-state index in [-0.39, 0.29) is 0 Å². The van der Waals surface area contributed by atoms with Gasteiger partial charge in [-0.05, 0) is 28.8 Å². The summed E-state index contributed by atoms with van der Waals surface area (Å²) >= 11 is 0. The maximum Gasteiger partial charge on any atom is 0.334 e. The zero-order chi connectivity index (χ0) is 13.2. The van der Waals surface area contributed by atoms with Crippen LogP contribution in [0.2, 0.25) is 0 Å². The quantitative estimate of drug-likeness (QED) is 0.779. The van der Waals surface area contributed by atoms with Crippen molar-refractivity contribution in [1.29, 1.82) is 0 Å². The number of hydrogen-bond donors (Lipinski definition) is 0. The molecule has 0 aliphatic carbocycles. The van der Waals surface area contributed by atoms with Gasteiger partial charge in [0.05, 0.1) is 6.16 Å². The summed E-state index contributed by atoms with van der Waals surface area (Å²) in [4.78, 5) is 0. The van der Waals surface area contributed by atoms with Crippen LogP contribution >= 0.6 is 7.60 Å². The Morgan fingerprint density at radius 3 is 2.39 bits per heavy atom. The van der Waals surface area contributed by atoms with E-state index in [2.05, 4.69) is 6.07 Å². The van der Waals surface area contributed by atoms with E-state index < -0.39 is 7.60 Å². The molecule has 0 aliphatic heterocycles. The molecule has 0 atom stereocenters. The highest BCUT2D eigenvalue weighted by molar-refractivity contribution is 7.53. The highest BCUT2D eigenvalue weighted by Gasteiger charge is 2.23. The molecule has 0 saturated heterocycles. The second-order valence-corrected chi connectivity index (χ2v) is 6.48. The fourth-order valence-electron chi connectivity index (χ4n) is 2.05. The lowest BCUT2D eigenvalue weighted by molar-refractivity contribution is 0.275. The Hall–Kier alpha value is -1.15. The standard InChI is InChI=1S/C14H17O3P/c1-11-8-9-12-6-4-5-7-13(12)14(11)10-18(15,16-2)17-3/h4-9H,10H2,1-3H3. The number of hydrogen-bond acceptors (Lipinski definition) is 3. The first kappa shape index (κ1) is 13.3. The Bertz CT molecular complexity index is 599. The second kappa shape index (κ2) is 5.23. The third kappa shape index (κ3) is 2.49. The van der Waals surface area contributed by atoms with Gasteiger partial charge in [0.15, 0.2) is 0 Å². The Balaban J connectivity index is 2.56. The Kier molecular flexibility index (Phi) is 3.86. The number of fused-ring (bicyclic) bond motifs is 1. The van der Waals surface area contributed by atoms with Crippen molar-refractivity contribution >= 4 is 18.4 Å². The molecule has 2 rings (SSSR count). The zero-order valence-corrected chi connectivity index (χ0v) is 11.7. The molecule has 0 saturated carbocycles. The molecule has 0 radical (unpaired) electrons. The molecular formula is C14H17O3P. The minimum atomic E-state index is -3.03. The molecule has 0 amide bonds. The topological polar surface area (TPSA) is 35.5 Å². The summed E-state index contributed by atoms with van der Waals surface area (Å²) in [6.07, 6.45) is 0.299. The molecule has 2 aromatic carbocycles. The molecule has 2 aromatic rings. The largest absolute Gasteiger partial charge is 0.334 e. The van der Waals surface area contributed by atoms with Gasteiger partial charge in [-0.3, -0.25) is 4.57 Å². The Labute approximate surface area is 107 Å². The summed E-state index contributed by atoms with van der Waals surface area (Å²) < 4.78 is 22.3. The molecule has 0 N–H and O–H groups in total. The van der Waals surface area contributed by atoms with Crippen LogP contribution in [0.15, 0.2) is 36.4 Å². The lowest BCUT2D eigenvalue weighted by Crippen LogP contribution is -1.97. The van der Waals surface area contributed by atoms with Crippen LogP contribution in [0.1, 0.15) is 11.1 Å². The van der Waals surface area contributed by atoms with Crippen molar-refractivity contribution in [2.45, 2.75) is 13.1 Å². The molecule has 0 spiro atoms. The van der Waals surface area contributed by atoms with Crippen LogP contribution < -0.4 is 0 Å². The van der Waals surface area contributed by atoms with Gasteiger partial charge in [-0.1, -0.05) is 36.4 Å². The van der Waals surface area contributed by atoms with Gasteiger partial charge < -0.3 is 9.05 Å². The van der Waals surface area contributed by atoms with Gasteiger partial charge in [0.2, 0.25) is 0 Å². The lowest BCUT2D eigenvalue weighted by atomic mass is 10.0. The van der Waals surface area contributed by atoms with E-state index in [4.69, 9.17) is 9.05 Å². The first-order valence-electron chi connectivity index (χ1n) is 5.77. The summed E-state index contributed by atoms with van der Waals surface area (Å²) in [6, 6.07) is 12.2. The van der Waals surface area contributed by atoms with Crippen LogP contribution in [0.5, 0.6) is 0 Å². The summed E-state index contributed by atoms with van der Waals surface area (Å²) in [5, 5.41) is 2.24. The molecule has 18 heavy (non-hydrogen) atoms. The molecular weight excluding hydrogens is 247 g/mol. The van der Waals surface area contributed by atoms with E-state index in [9.17, 15) is 4.57 Å². The van der Waals surface area contributed by atoms with E-state index in [0.29, 0.717) is 6.16 Å². The van der Waals surface area contributed by atoms with Gasteiger partial charge in [-0.15, -0.1) is 0 Å². The van der Waals surface area contributed by atoms with Crippen molar-refractivity contribution in [2.24, 2.45) is 0 Å². The van der Waals surface area contributed by atoms with E-state index >= 15 is 0 Å². The third-order valence-electron chi connectivity index (χ3n) is 3.18.